The first-order chi connectivity index (χ1) is 6.66. The van der Waals surface area contributed by atoms with Crippen molar-refractivity contribution in [1.29, 1.82) is 0 Å². The lowest BCUT2D eigenvalue weighted by atomic mass is 9.81. The van der Waals surface area contributed by atoms with Crippen molar-refractivity contribution < 1.29 is 4.39 Å². The average Bonchev–Trinajstić information content (AvgIpc) is 2.17. The highest BCUT2D eigenvalue weighted by atomic mass is 19.1. The predicted octanol–water partition coefficient (Wildman–Crippen LogP) is 3.34. The molecule has 2 unspecified atom stereocenters. The Kier molecular flexibility index (Phi) is 2.44. The quantitative estimate of drug-likeness (QED) is 0.759. The molecule has 1 saturated carbocycles. The molecule has 0 amide bonds. The molecule has 1 aromatic carbocycles. The van der Waals surface area contributed by atoms with E-state index in [1.807, 2.05) is 13.0 Å². The van der Waals surface area contributed by atoms with Gasteiger partial charge in [0.2, 0.25) is 0 Å². The molecule has 0 spiro atoms. The van der Waals surface area contributed by atoms with Gasteiger partial charge in [-0.15, -0.1) is 0 Å². The number of anilines is 1. The Bertz CT molecular complexity index is 335. The van der Waals surface area contributed by atoms with Gasteiger partial charge in [-0.1, -0.05) is 13.0 Å². The Labute approximate surface area is 84.3 Å². The summed E-state index contributed by atoms with van der Waals surface area (Å²) in [7, 11) is 0. The summed E-state index contributed by atoms with van der Waals surface area (Å²) in [5, 5.41) is 3.40. The van der Waals surface area contributed by atoms with Crippen LogP contribution in [0.2, 0.25) is 0 Å². The van der Waals surface area contributed by atoms with Crippen molar-refractivity contribution in [3.05, 3.63) is 29.6 Å². The second kappa shape index (κ2) is 3.60. The number of halogens is 1. The number of nitrogens with one attached hydrogen (secondary N) is 1. The van der Waals surface area contributed by atoms with E-state index >= 15 is 0 Å². The zero-order chi connectivity index (χ0) is 10.1. The summed E-state index contributed by atoms with van der Waals surface area (Å²) in [5.74, 6) is 0.558. The summed E-state index contributed by atoms with van der Waals surface area (Å²) in [6, 6.07) is 5.45. The number of rotatable bonds is 2. The summed E-state index contributed by atoms with van der Waals surface area (Å²) in [6.07, 6.45) is 2.49. The third kappa shape index (κ3) is 1.74. The van der Waals surface area contributed by atoms with Gasteiger partial charge < -0.3 is 5.32 Å². The van der Waals surface area contributed by atoms with Gasteiger partial charge in [0.1, 0.15) is 5.82 Å². The molecule has 14 heavy (non-hydrogen) atoms. The Morgan fingerprint density at radius 2 is 2.14 bits per heavy atom. The number of benzene rings is 1. The third-order valence-electron chi connectivity index (χ3n) is 3.16. The van der Waals surface area contributed by atoms with Crippen molar-refractivity contribution in [3.8, 4) is 0 Å². The molecule has 2 atom stereocenters. The van der Waals surface area contributed by atoms with Crippen LogP contribution in [0.3, 0.4) is 0 Å². The van der Waals surface area contributed by atoms with Crippen LogP contribution in [0.4, 0.5) is 10.1 Å². The van der Waals surface area contributed by atoms with Gasteiger partial charge in [-0.25, -0.2) is 4.39 Å². The lowest BCUT2D eigenvalue weighted by Gasteiger charge is -2.35. The topological polar surface area (TPSA) is 12.0 Å². The molecule has 1 fully saturated rings. The molecule has 1 N–H and O–H groups in total. The van der Waals surface area contributed by atoms with E-state index < -0.39 is 0 Å². The standard InChI is InChI=1S/C12H16FN/c1-8-4-6-11(8)14-12-7-10(13)5-3-9(12)2/h3,5,7-8,11,14H,4,6H2,1-2H3. The fourth-order valence-electron chi connectivity index (χ4n) is 1.83. The molecule has 76 valence electrons. The van der Waals surface area contributed by atoms with Crippen LogP contribution in [-0.4, -0.2) is 6.04 Å². The Balaban J connectivity index is 2.11. The molecule has 1 aliphatic carbocycles. The van der Waals surface area contributed by atoms with Crippen molar-refractivity contribution in [2.24, 2.45) is 5.92 Å². The zero-order valence-electron chi connectivity index (χ0n) is 8.68. The molecule has 0 aromatic heterocycles. The molecule has 1 nitrogen and oxygen atoms in total. The maximum absolute atomic E-state index is 13.0. The smallest absolute Gasteiger partial charge is 0.125 e. The summed E-state index contributed by atoms with van der Waals surface area (Å²) in [6.45, 7) is 4.24. The van der Waals surface area contributed by atoms with E-state index in [1.165, 1.54) is 18.9 Å². The maximum Gasteiger partial charge on any atom is 0.125 e. The average molecular weight is 193 g/mol. The molecule has 1 aromatic rings. The molecule has 2 heteroatoms. The van der Waals surface area contributed by atoms with Crippen molar-refractivity contribution >= 4 is 5.69 Å². The van der Waals surface area contributed by atoms with Crippen molar-refractivity contribution in [2.75, 3.05) is 5.32 Å². The van der Waals surface area contributed by atoms with E-state index in [0.29, 0.717) is 6.04 Å². The molecule has 0 aliphatic heterocycles. The second-order valence-electron chi connectivity index (χ2n) is 4.26. The largest absolute Gasteiger partial charge is 0.382 e. The molecule has 0 radical (unpaired) electrons. The normalized spacial score (nSPS) is 25.6. The van der Waals surface area contributed by atoms with Gasteiger partial charge in [-0.3, -0.25) is 0 Å². The fourth-order valence-corrected chi connectivity index (χ4v) is 1.83. The number of hydrogen-bond donors (Lipinski definition) is 1. The number of aryl methyl sites for hydroxylation is 1. The molecular weight excluding hydrogens is 177 g/mol. The van der Waals surface area contributed by atoms with Crippen LogP contribution in [0.25, 0.3) is 0 Å². The minimum absolute atomic E-state index is 0.162. The lowest BCUT2D eigenvalue weighted by Crippen LogP contribution is -2.36. The van der Waals surface area contributed by atoms with Crippen LogP contribution in [0.1, 0.15) is 25.3 Å². The minimum atomic E-state index is -0.162. The van der Waals surface area contributed by atoms with Gasteiger partial charge in [0.05, 0.1) is 0 Å². The Morgan fingerprint density at radius 3 is 2.71 bits per heavy atom. The SMILES string of the molecule is Cc1ccc(F)cc1NC1CCC1C. The fraction of sp³-hybridized carbons (Fsp3) is 0.500. The summed E-state index contributed by atoms with van der Waals surface area (Å²) >= 11 is 0. The minimum Gasteiger partial charge on any atom is -0.382 e. The molecule has 0 bridgehead atoms. The van der Waals surface area contributed by atoms with Gasteiger partial charge in [0.15, 0.2) is 0 Å². The number of hydrogen-bond acceptors (Lipinski definition) is 1. The summed E-state index contributed by atoms with van der Waals surface area (Å²) < 4.78 is 13.0. The molecule has 0 heterocycles. The van der Waals surface area contributed by atoms with Crippen molar-refractivity contribution in [1.82, 2.24) is 0 Å². The molecule has 0 saturated heterocycles. The van der Waals surface area contributed by atoms with Crippen LogP contribution >= 0.6 is 0 Å². The van der Waals surface area contributed by atoms with Crippen LogP contribution < -0.4 is 5.32 Å². The van der Waals surface area contributed by atoms with Crippen LogP contribution in [0.15, 0.2) is 18.2 Å². The zero-order valence-corrected chi connectivity index (χ0v) is 8.68. The van der Waals surface area contributed by atoms with E-state index in [4.69, 9.17) is 0 Å². The predicted molar refractivity (Wildman–Crippen MR) is 56.9 cm³/mol. The van der Waals surface area contributed by atoms with Gasteiger partial charge in [0, 0.05) is 11.7 Å². The highest BCUT2D eigenvalue weighted by Gasteiger charge is 2.26. The van der Waals surface area contributed by atoms with E-state index in [-0.39, 0.29) is 5.82 Å². The van der Waals surface area contributed by atoms with Gasteiger partial charge in [0.25, 0.3) is 0 Å². The first-order valence-corrected chi connectivity index (χ1v) is 5.19. The highest BCUT2D eigenvalue weighted by molar-refractivity contribution is 5.51. The van der Waals surface area contributed by atoms with E-state index in [9.17, 15) is 4.39 Å². The maximum atomic E-state index is 13.0. The first kappa shape index (κ1) is 9.50. The Morgan fingerprint density at radius 1 is 1.36 bits per heavy atom. The molecule has 1 aliphatic rings. The summed E-state index contributed by atoms with van der Waals surface area (Å²) in [5.41, 5.74) is 2.06. The second-order valence-corrected chi connectivity index (χ2v) is 4.26. The third-order valence-corrected chi connectivity index (χ3v) is 3.16. The monoisotopic (exact) mass is 193 g/mol. The molecule has 2 rings (SSSR count). The van der Waals surface area contributed by atoms with Gasteiger partial charge >= 0.3 is 0 Å². The van der Waals surface area contributed by atoms with E-state index in [1.54, 1.807) is 6.07 Å². The van der Waals surface area contributed by atoms with E-state index in [2.05, 4.69) is 12.2 Å². The van der Waals surface area contributed by atoms with Crippen LogP contribution in [0.5, 0.6) is 0 Å². The van der Waals surface area contributed by atoms with Gasteiger partial charge in [-0.2, -0.15) is 0 Å². The van der Waals surface area contributed by atoms with Crippen LogP contribution in [-0.2, 0) is 0 Å². The van der Waals surface area contributed by atoms with Crippen molar-refractivity contribution in [3.63, 3.8) is 0 Å². The van der Waals surface area contributed by atoms with Crippen LogP contribution in [0, 0.1) is 18.7 Å². The first-order valence-electron chi connectivity index (χ1n) is 5.19. The highest BCUT2D eigenvalue weighted by Crippen LogP contribution is 2.30. The summed E-state index contributed by atoms with van der Waals surface area (Å²) in [4.78, 5) is 0. The van der Waals surface area contributed by atoms with Crippen molar-refractivity contribution in [2.45, 2.75) is 32.7 Å². The van der Waals surface area contributed by atoms with E-state index in [0.717, 1.165) is 17.2 Å². The lowest BCUT2D eigenvalue weighted by molar-refractivity contribution is 0.303. The van der Waals surface area contributed by atoms with Gasteiger partial charge in [-0.05, 0) is 43.4 Å². The Hall–Kier alpha value is -1.05. The molecular formula is C12H16FN.